The Balaban J connectivity index is 1.69. The van der Waals surface area contributed by atoms with Gasteiger partial charge in [0.1, 0.15) is 17.4 Å². The van der Waals surface area contributed by atoms with Crippen molar-refractivity contribution in [3.8, 4) is 5.75 Å². The average Bonchev–Trinajstić information content (AvgIpc) is 3.04. The van der Waals surface area contributed by atoms with E-state index in [0.29, 0.717) is 31.7 Å². The lowest BCUT2D eigenvalue weighted by molar-refractivity contribution is -0.122. The van der Waals surface area contributed by atoms with Crippen LogP contribution in [0, 0.1) is 5.92 Å². The topological polar surface area (TPSA) is 105 Å². The van der Waals surface area contributed by atoms with Crippen LogP contribution < -0.4 is 10.6 Å². The molecule has 7 heteroatoms. The number of carbonyl (C=O) groups is 3. The van der Waals surface area contributed by atoms with E-state index in [1.165, 1.54) is 6.07 Å². The summed E-state index contributed by atoms with van der Waals surface area (Å²) in [5, 5.41) is 15.6. The Morgan fingerprint density at radius 3 is 2.86 bits per heavy atom. The van der Waals surface area contributed by atoms with Crippen LogP contribution in [0.25, 0.3) is 0 Å². The zero-order chi connectivity index (χ0) is 20.3. The van der Waals surface area contributed by atoms with E-state index in [4.69, 9.17) is 4.74 Å². The van der Waals surface area contributed by atoms with Crippen LogP contribution in [0.3, 0.4) is 0 Å². The number of hydrogen-bond acceptors (Lipinski definition) is 5. The summed E-state index contributed by atoms with van der Waals surface area (Å²) in [7, 11) is 0. The van der Waals surface area contributed by atoms with Gasteiger partial charge in [-0.2, -0.15) is 0 Å². The highest BCUT2D eigenvalue weighted by Crippen LogP contribution is 2.30. The van der Waals surface area contributed by atoms with Gasteiger partial charge in [-0.3, -0.25) is 9.59 Å². The van der Waals surface area contributed by atoms with Gasteiger partial charge in [0.15, 0.2) is 0 Å². The highest BCUT2D eigenvalue weighted by atomic mass is 16.5. The first kappa shape index (κ1) is 19.9. The third-order valence-electron chi connectivity index (χ3n) is 5.01. The molecule has 3 rings (SSSR count). The molecule has 0 bridgehead atoms. The summed E-state index contributed by atoms with van der Waals surface area (Å²) < 4.78 is 5.57. The van der Waals surface area contributed by atoms with Gasteiger partial charge in [-0.15, -0.1) is 0 Å². The van der Waals surface area contributed by atoms with Gasteiger partial charge in [-0.25, -0.2) is 4.79 Å². The van der Waals surface area contributed by atoms with Crippen molar-refractivity contribution in [2.24, 2.45) is 5.92 Å². The van der Waals surface area contributed by atoms with Crippen molar-refractivity contribution in [1.29, 1.82) is 0 Å². The molecule has 0 radical (unpaired) electrons. The summed E-state index contributed by atoms with van der Waals surface area (Å²) in [6.45, 7) is 4.57. The summed E-state index contributed by atoms with van der Waals surface area (Å²) in [5.74, 6) is -0.554. The molecule has 1 aromatic carbocycles. The highest BCUT2D eigenvalue weighted by Gasteiger charge is 2.34. The molecule has 1 fully saturated rings. The van der Waals surface area contributed by atoms with Gasteiger partial charge < -0.3 is 20.5 Å². The second-order valence-electron chi connectivity index (χ2n) is 7.78. The third-order valence-corrected chi connectivity index (χ3v) is 5.01. The van der Waals surface area contributed by atoms with Crippen molar-refractivity contribution in [2.45, 2.75) is 51.7 Å². The average molecular weight is 386 g/mol. The normalized spacial score (nSPS) is 21.2. The summed E-state index contributed by atoms with van der Waals surface area (Å²) in [4.78, 5) is 36.1. The first-order chi connectivity index (χ1) is 13.3. The van der Waals surface area contributed by atoms with Crippen LogP contribution in [0.4, 0.5) is 0 Å². The van der Waals surface area contributed by atoms with Gasteiger partial charge in [0.25, 0.3) is 0 Å². The number of amides is 2. The number of ether oxygens (including phenoxy) is 1. The maximum absolute atomic E-state index is 12.5. The first-order valence-corrected chi connectivity index (χ1v) is 9.59. The number of hydrogen-bond donors (Lipinski definition) is 3. The van der Waals surface area contributed by atoms with E-state index < -0.39 is 12.1 Å². The number of rotatable bonds is 6. The Hall–Kier alpha value is -2.83. The van der Waals surface area contributed by atoms with Crippen molar-refractivity contribution in [3.05, 3.63) is 41.0 Å². The van der Waals surface area contributed by atoms with Crippen LogP contribution in [-0.4, -0.2) is 41.6 Å². The van der Waals surface area contributed by atoms with Crippen molar-refractivity contribution in [3.63, 3.8) is 0 Å². The Morgan fingerprint density at radius 1 is 1.39 bits per heavy atom. The molecule has 1 saturated heterocycles. The molecule has 2 heterocycles. The Morgan fingerprint density at radius 2 is 2.18 bits per heavy atom. The molecule has 150 valence electrons. The summed E-state index contributed by atoms with van der Waals surface area (Å²) in [5.41, 5.74) is 1.84. The molecule has 7 nitrogen and oxygen atoms in total. The molecule has 2 aliphatic rings. The third kappa shape index (κ3) is 4.71. The van der Waals surface area contributed by atoms with Crippen molar-refractivity contribution in [1.82, 2.24) is 10.6 Å². The van der Waals surface area contributed by atoms with E-state index in [-0.39, 0.29) is 35.6 Å². The minimum atomic E-state index is -0.565. The fourth-order valence-corrected chi connectivity index (χ4v) is 3.67. The predicted octanol–water partition coefficient (Wildman–Crippen LogP) is 1.84. The van der Waals surface area contributed by atoms with Crippen molar-refractivity contribution >= 4 is 17.8 Å². The maximum Gasteiger partial charge on any atom is 0.342 e. The van der Waals surface area contributed by atoms with Gasteiger partial charge in [0.05, 0.1) is 6.04 Å². The van der Waals surface area contributed by atoms with Crippen LogP contribution in [0.15, 0.2) is 29.8 Å². The molecule has 0 saturated carbocycles. The molecule has 0 unspecified atom stereocenters. The molecular formula is C21H26N2O5. The lowest BCUT2D eigenvalue weighted by Gasteiger charge is -2.32. The fraction of sp³-hybridized carbons (Fsp3) is 0.476. The van der Waals surface area contributed by atoms with E-state index >= 15 is 0 Å². The molecular weight excluding hydrogens is 360 g/mol. The predicted molar refractivity (Wildman–Crippen MR) is 103 cm³/mol. The van der Waals surface area contributed by atoms with E-state index in [0.717, 1.165) is 11.1 Å². The SMILES string of the molecule is CC(C)C[C@H](NC(=O)C/C=C1\CNC(=O)C1)[C@@H]1Cc2cccc(O)c2C(=O)O1. The van der Waals surface area contributed by atoms with E-state index in [1.54, 1.807) is 18.2 Å². The molecule has 3 N–H and O–H groups in total. The van der Waals surface area contributed by atoms with Crippen LogP contribution in [0.5, 0.6) is 5.75 Å². The number of benzene rings is 1. The zero-order valence-corrected chi connectivity index (χ0v) is 16.2. The lowest BCUT2D eigenvalue weighted by atomic mass is 9.90. The second kappa shape index (κ2) is 8.46. The number of phenols is 1. The largest absolute Gasteiger partial charge is 0.507 e. The smallest absolute Gasteiger partial charge is 0.342 e. The summed E-state index contributed by atoms with van der Waals surface area (Å²) >= 11 is 0. The molecule has 2 amide bonds. The minimum Gasteiger partial charge on any atom is -0.507 e. The van der Waals surface area contributed by atoms with Crippen LogP contribution in [0.1, 0.15) is 49.0 Å². The second-order valence-corrected chi connectivity index (χ2v) is 7.78. The number of phenolic OH excluding ortho intramolecular Hbond substituents is 1. The first-order valence-electron chi connectivity index (χ1n) is 9.59. The van der Waals surface area contributed by atoms with Gasteiger partial charge >= 0.3 is 5.97 Å². The number of cyclic esters (lactones) is 1. The van der Waals surface area contributed by atoms with Crippen molar-refractivity contribution in [2.75, 3.05) is 6.54 Å². The maximum atomic E-state index is 12.5. The monoisotopic (exact) mass is 386 g/mol. The Bertz CT molecular complexity index is 815. The van der Waals surface area contributed by atoms with Crippen LogP contribution in [-0.2, 0) is 20.7 Å². The Kier molecular flexibility index (Phi) is 6.02. The van der Waals surface area contributed by atoms with Gasteiger partial charge in [-0.1, -0.05) is 32.1 Å². The number of carbonyl (C=O) groups excluding carboxylic acids is 3. The molecule has 28 heavy (non-hydrogen) atoms. The zero-order valence-electron chi connectivity index (χ0n) is 16.2. The minimum absolute atomic E-state index is 0.0274. The van der Waals surface area contributed by atoms with Gasteiger partial charge in [0.2, 0.25) is 11.8 Å². The fourth-order valence-electron chi connectivity index (χ4n) is 3.67. The highest BCUT2D eigenvalue weighted by molar-refractivity contribution is 5.95. The summed E-state index contributed by atoms with van der Waals surface area (Å²) in [6, 6.07) is 4.63. The molecule has 1 aromatic rings. The number of nitrogens with one attached hydrogen (secondary N) is 2. The molecule has 2 aliphatic heterocycles. The standard InChI is InChI=1S/C21H26N2O5/c1-12(2)8-15(23-18(25)7-6-13-9-19(26)22-11-13)17-10-14-4-3-5-16(24)20(14)21(27)28-17/h3-6,12,15,17,24H,7-11H2,1-2H3,(H,22,26)(H,23,25)/b13-6-/t15-,17-/m0/s1. The molecule has 0 aliphatic carbocycles. The van der Waals surface area contributed by atoms with E-state index in [9.17, 15) is 19.5 Å². The van der Waals surface area contributed by atoms with E-state index in [2.05, 4.69) is 10.6 Å². The number of aromatic hydroxyl groups is 1. The van der Waals surface area contributed by atoms with Crippen molar-refractivity contribution < 1.29 is 24.2 Å². The molecule has 0 aromatic heterocycles. The van der Waals surface area contributed by atoms with Crippen LogP contribution >= 0.6 is 0 Å². The molecule has 2 atom stereocenters. The van der Waals surface area contributed by atoms with Crippen LogP contribution in [0.2, 0.25) is 0 Å². The molecule has 0 spiro atoms. The lowest BCUT2D eigenvalue weighted by Crippen LogP contribution is -2.48. The van der Waals surface area contributed by atoms with Gasteiger partial charge in [0, 0.05) is 25.8 Å². The Labute approximate surface area is 164 Å². The number of esters is 1. The summed E-state index contributed by atoms with van der Waals surface area (Å²) in [6.07, 6.45) is 2.90. The quantitative estimate of drug-likeness (QED) is 0.511. The number of fused-ring (bicyclic) bond motifs is 1. The van der Waals surface area contributed by atoms with Gasteiger partial charge in [-0.05, 0) is 29.5 Å². The van der Waals surface area contributed by atoms with E-state index in [1.807, 2.05) is 13.8 Å².